The molecular formula is C26H34N4O2. The summed E-state index contributed by atoms with van der Waals surface area (Å²) < 4.78 is 0. The van der Waals surface area contributed by atoms with Crippen molar-refractivity contribution < 1.29 is 4.79 Å². The molecule has 1 saturated heterocycles. The lowest BCUT2D eigenvalue weighted by atomic mass is 9.77. The van der Waals surface area contributed by atoms with Crippen molar-refractivity contribution in [1.82, 2.24) is 19.8 Å². The molecule has 1 aromatic carbocycles. The Balaban J connectivity index is 1.48. The number of rotatable bonds is 4. The molecule has 1 amide bonds. The minimum absolute atomic E-state index is 0.0219. The quantitative estimate of drug-likeness (QED) is 0.796. The van der Waals surface area contributed by atoms with Gasteiger partial charge in [0.2, 0.25) is 5.91 Å². The molecule has 5 rings (SSSR count). The zero-order valence-corrected chi connectivity index (χ0v) is 19.3. The van der Waals surface area contributed by atoms with Gasteiger partial charge >= 0.3 is 0 Å². The van der Waals surface area contributed by atoms with Crippen LogP contribution in [0.15, 0.2) is 35.1 Å². The molecule has 32 heavy (non-hydrogen) atoms. The molecule has 2 fully saturated rings. The first-order chi connectivity index (χ1) is 15.5. The van der Waals surface area contributed by atoms with Gasteiger partial charge in [-0.3, -0.25) is 14.5 Å². The number of likely N-dealkylation sites (tertiary alicyclic amines) is 1. The van der Waals surface area contributed by atoms with Crippen LogP contribution in [0.4, 0.5) is 0 Å². The molecule has 3 aliphatic rings. The molecule has 0 radical (unpaired) electrons. The first-order valence-electron chi connectivity index (χ1n) is 12.2. The van der Waals surface area contributed by atoms with Crippen LogP contribution in [0.1, 0.15) is 81.1 Å². The van der Waals surface area contributed by atoms with E-state index in [-0.39, 0.29) is 17.5 Å². The first kappa shape index (κ1) is 21.4. The van der Waals surface area contributed by atoms with Crippen LogP contribution in [-0.2, 0) is 23.2 Å². The van der Waals surface area contributed by atoms with Crippen LogP contribution in [0, 0.1) is 0 Å². The van der Waals surface area contributed by atoms with Gasteiger partial charge in [-0.05, 0) is 51.5 Å². The summed E-state index contributed by atoms with van der Waals surface area (Å²) in [5.74, 6) is 0.888. The highest BCUT2D eigenvalue weighted by Crippen LogP contribution is 2.45. The standard InChI is InChI=1S/C26H34N4O2/c1-18(2)29-16-12-20-21(17-29)27-23(28-24(20)31)22-11-8-15-30(22)25(32)26(13-6-7-14-26)19-9-4-3-5-10-19/h3-5,9-10,18,22H,6-8,11-17H2,1-2H3,(H,27,28,31). The molecule has 1 aliphatic carbocycles. The molecule has 2 aromatic rings. The van der Waals surface area contributed by atoms with Gasteiger partial charge in [-0.25, -0.2) is 4.98 Å². The molecule has 3 heterocycles. The maximum Gasteiger partial charge on any atom is 0.254 e. The summed E-state index contributed by atoms with van der Waals surface area (Å²) in [6.45, 7) is 6.69. The average Bonchev–Trinajstić information content (AvgIpc) is 3.49. The molecule has 170 valence electrons. The molecule has 1 N–H and O–H groups in total. The van der Waals surface area contributed by atoms with E-state index in [0.717, 1.165) is 74.9 Å². The molecule has 1 atom stereocenters. The van der Waals surface area contributed by atoms with E-state index in [1.54, 1.807) is 0 Å². The SMILES string of the molecule is CC(C)N1CCc2c(nc(C3CCCN3C(=O)C3(c4ccccc4)CCCC3)[nH]c2=O)C1. The van der Waals surface area contributed by atoms with E-state index in [4.69, 9.17) is 4.98 Å². The van der Waals surface area contributed by atoms with Crippen molar-refractivity contribution in [2.24, 2.45) is 0 Å². The molecule has 0 bridgehead atoms. The molecule has 2 aliphatic heterocycles. The van der Waals surface area contributed by atoms with Crippen LogP contribution in [0.5, 0.6) is 0 Å². The smallest absolute Gasteiger partial charge is 0.254 e. The lowest BCUT2D eigenvalue weighted by Crippen LogP contribution is -2.46. The number of fused-ring (bicyclic) bond motifs is 1. The van der Waals surface area contributed by atoms with Crippen LogP contribution in [-0.4, -0.2) is 44.8 Å². The summed E-state index contributed by atoms with van der Waals surface area (Å²) in [6.07, 6.45) is 6.50. The fraction of sp³-hybridized carbons (Fsp3) is 0.577. The average molecular weight is 435 g/mol. The zero-order chi connectivity index (χ0) is 22.3. The number of aromatic nitrogens is 2. The minimum atomic E-state index is -0.438. The second kappa shape index (κ2) is 8.47. The van der Waals surface area contributed by atoms with Gasteiger partial charge in [0.1, 0.15) is 5.82 Å². The van der Waals surface area contributed by atoms with E-state index >= 15 is 0 Å². The van der Waals surface area contributed by atoms with E-state index < -0.39 is 5.41 Å². The minimum Gasteiger partial charge on any atom is -0.332 e. The van der Waals surface area contributed by atoms with Crippen molar-refractivity contribution in [2.75, 3.05) is 13.1 Å². The Morgan fingerprint density at radius 3 is 2.59 bits per heavy atom. The highest BCUT2D eigenvalue weighted by Gasteiger charge is 2.47. The van der Waals surface area contributed by atoms with Gasteiger partial charge in [0, 0.05) is 31.2 Å². The Kier molecular flexibility index (Phi) is 5.66. The normalized spacial score (nSPS) is 23.0. The summed E-state index contributed by atoms with van der Waals surface area (Å²) in [7, 11) is 0. The van der Waals surface area contributed by atoms with Gasteiger partial charge in [0.25, 0.3) is 5.56 Å². The number of H-pyrrole nitrogens is 1. The summed E-state index contributed by atoms with van der Waals surface area (Å²) >= 11 is 0. The molecule has 6 heteroatoms. The maximum absolute atomic E-state index is 14.1. The summed E-state index contributed by atoms with van der Waals surface area (Å²) in [5.41, 5.74) is 2.38. The molecule has 0 spiro atoms. The Morgan fingerprint density at radius 2 is 1.88 bits per heavy atom. The summed E-state index contributed by atoms with van der Waals surface area (Å²) in [6, 6.07) is 10.6. The fourth-order valence-electron chi connectivity index (χ4n) is 6.01. The lowest BCUT2D eigenvalue weighted by Gasteiger charge is -2.36. The number of benzene rings is 1. The highest BCUT2D eigenvalue weighted by molar-refractivity contribution is 5.89. The van der Waals surface area contributed by atoms with Gasteiger partial charge in [-0.1, -0.05) is 43.2 Å². The molecule has 1 unspecified atom stereocenters. The van der Waals surface area contributed by atoms with Gasteiger partial charge < -0.3 is 9.88 Å². The predicted octanol–water partition coefficient (Wildman–Crippen LogP) is 3.71. The lowest BCUT2D eigenvalue weighted by molar-refractivity contribution is -0.138. The molecular weight excluding hydrogens is 400 g/mol. The number of amides is 1. The van der Waals surface area contributed by atoms with E-state index in [1.807, 2.05) is 23.1 Å². The topological polar surface area (TPSA) is 69.3 Å². The number of nitrogens with one attached hydrogen (secondary N) is 1. The van der Waals surface area contributed by atoms with Crippen molar-refractivity contribution in [3.05, 3.63) is 63.3 Å². The van der Waals surface area contributed by atoms with Crippen LogP contribution >= 0.6 is 0 Å². The van der Waals surface area contributed by atoms with Crippen molar-refractivity contribution >= 4 is 5.91 Å². The third kappa shape index (κ3) is 3.58. The van der Waals surface area contributed by atoms with Crippen LogP contribution in [0.25, 0.3) is 0 Å². The van der Waals surface area contributed by atoms with Gasteiger partial charge in [0.05, 0.1) is 17.2 Å². The van der Waals surface area contributed by atoms with Gasteiger partial charge in [0.15, 0.2) is 0 Å². The van der Waals surface area contributed by atoms with Crippen molar-refractivity contribution in [2.45, 2.75) is 82.8 Å². The van der Waals surface area contributed by atoms with Crippen molar-refractivity contribution in [3.63, 3.8) is 0 Å². The third-order valence-corrected chi connectivity index (χ3v) is 7.87. The molecule has 6 nitrogen and oxygen atoms in total. The van der Waals surface area contributed by atoms with Crippen LogP contribution in [0.3, 0.4) is 0 Å². The Labute approximate surface area is 190 Å². The first-order valence-corrected chi connectivity index (χ1v) is 12.2. The second-order valence-corrected chi connectivity index (χ2v) is 10.0. The second-order valence-electron chi connectivity index (χ2n) is 10.0. The summed E-state index contributed by atoms with van der Waals surface area (Å²) in [4.78, 5) is 39.4. The Hall–Kier alpha value is -2.47. The van der Waals surface area contributed by atoms with Gasteiger partial charge in [-0.15, -0.1) is 0 Å². The number of hydrogen-bond acceptors (Lipinski definition) is 4. The van der Waals surface area contributed by atoms with E-state index in [1.165, 1.54) is 0 Å². The fourth-order valence-corrected chi connectivity index (χ4v) is 6.01. The number of carbonyl (C=O) groups is 1. The Bertz CT molecular complexity index is 1040. The zero-order valence-electron chi connectivity index (χ0n) is 19.3. The highest BCUT2D eigenvalue weighted by atomic mass is 16.2. The van der Waals surface area contributed by atoms with E-state index in [2.05, 4.69) is 35.9 Å². The largest absolute Gasteiger partial charge is 0.332 e. The monoisotopic (exact) mass is 434 g/mol. The van der Waals surface area contributed by atoms with Crippen molar-refractivity contribution in [1.29, 1.82) is 0 Å². The third-order valence-electron chi connectivity index (χ3n) is 7.87. The van der Waals surface area contributed by atoms with Crippen molar-refractivity contribution in [3.8, 4) is 0 Å². The number of aromatic amines is 1. The maximum atomic E-state index is 14.1. The number of carbonyl (C=O) groups excluding carboxylic acids is 1. The molecule has 1 saturated carbocycles. The number of nitrogens with zero attached hydrogens (tertiary/aromatic N) is 3. The Morgan fingerprint density at radius 1 is 1.12 bits per heavy atom. The number of hydrogen-bond donors (Lipinski definition) is 1. The van der Waals surface area contributed by atoms with Crippen LogP contribution < -0.4 is 5.56 Å². The van der Waals surface area contributed by atoms with Crippen LogP contribution in [0.2, 0.25) is 0 Å². The van der Waals surface area contributed by atoms with Gasteiger partial charge in [-0.2, -0.15) is 0 Å². The molecule has 1 aromatic heterocycles. The van der Waals surface area contributed by atoms with E-state index in [9.17, 15) is 9.59 Å². The summed E-state index contributed by atoms with van der Waals surface area (Å²) in [5, 5.41) is 0. The van der Waals surface area contributed by atoms with E-state index in [0.29, 0.717) is 18.4 Å². The predicted molar refractivity (Wildman–Crippen MR) is 124 cm³/mol.